The normalized spacial score (nSPS) is 24.9. The van der Waals surface area contributed by atoms with Crippen molar-refractivity contribution in [1.82, 2.24) is 10.2 Å². The molecule has 18 heavy (non-hydrogen) atoms. The Morgan fingerprint density at radius 2 is 2.06 bits per heavy atom. The minimum Gasteiger partial charge on any atom is -0.396 e. The molecular weight excluding hydrogens is 226 g/mol. The lowest BCUT2D eigenvalue weighted by atomic mass is 9.83. The van der Waals surface area contributed by atoms with Gasteiger partial charge in [0.25, 0.3) is 0 Å². The lowest BCUT2D eigenvalue weighted by Gasteiger charge is -2.32. The molecule has 2 fully saturated rings. The van der Waals surface area contributed by atoms with Crippen LogP contribution in [-0.2, 0) is 0 Å². The average molecular weight is 247 g/mol. The van der Waals surface area contributed by atoms with Crippen molar-refractivity contribution < 1.29 is 5.11 Å². The maximum atomic E-state index is 9.25. The molecule has 1 aromatic heterocycles. The molecule has 98 valence electrons. The summed E-state index contributed by atoms with van der Waals surface area (Å²) in [4.78, 5) is 2.25. The number of anilines is 1. The van der Waals surface area contributed by atoms with E-state index in [0.29, 0.717) is 11.8 Å². The van der Waals surface area contributed by atoms with Gasteiger partial charge in [-0.15, -0.1) is 5.10 Å². The van der Waals surface area contributed by atoms with Gasteiger partial charge in [-0.05, 0) is 43.7 Å². The van der Waals surface area contributed by atoms with Crippen LogP contribution < -0.4 is 4.90 Å². The Hall–Kier alpha value is -1.16. The number of aliphatic hydroxyl groups excluding tert-OH is 1. The van der Waals surface area contributed by atoms with Crippen molar-refractivity contribution in [3.05, 3.63) is 17.8 Å². The van der Waals surface area contributed by atoms with Gasteiger partial charge in [0, 0.05) is 25.6 Å². The van der Waals surface area contributed by atoms with Crippen molar-refractivity contribution in [3.63, 3.8) is 0 Å². The topological polar surface area (TPSA) is 49.2 Å². The first-order chi connectivity index (χ1) is 8.86. The molecule has 1 atom stereocenters. The molecule has 0 spiro atoms. The summed E-state index contributed by atoms with van der Waals surface area (Å²) in [6.07, 6.45) is 6.13. The fourth-order valence-corrected chi connectivity index (χ4v) is 2.85. The highest BCUT2D eigenvalue weighted by atomic mass is 16.3. The van der Waals surface area contributed by atoms with E-state index in [0.717, 1.165) is 37.4 Å². The standard InChI is InChI=1S/C14H21N3O/c18-10-11-3-2-8-17(9-11)14-7-6-13(15-16-14)12-4-1-5-12/h6-7,11-12,18H,1-5,8-10H2. The first-order valence-corrected chi connectivity index (χ1v) is 7.06. The molecule has 0 amide bonds. The Bertz CT molecular complexity index is 389. The van der Waals surface area contributed by atoms with E-state index in [1.807, 2.05) is 0 Å². The van der Waals surface area contributed by atoms with Crippen LogP contribution in [0.1, 0.15) is 43.7 Å². The number of aliphatic hydroxyl groups is 1. The summed E-state index contributed by atoms with van der Waals surface area (Å²) >= 11 is 0. The maximum absolute atomic E-state index is 9.25. The zero-order valence-corrected chi connectivity index (χ0v) is 10.8. The summed E-state index contributed by atoms with van der Waals surface area (Å²) in [5.41, 5.74) is 1.15. The summed E-state index contributed by atoms with van der Waals surface area (Å²) in [6.45, 7) is 2.23. The third kappa shape index (κ3) is 2.34. The fraction of sp³-hybridized carbons (Fsp3) is 0.714. The van der Waals surface area contributed by atoms with Crippen molar-refractivity contribution in [3.8, 4) is 0 Å². The predicted molar refractivity (Wildman–Crippen MR) is 70.6 cm³/mol. The fourth-order valence-electron chi connectivity index (χ4n) is 2.85. The molecule has 1 aliphatic heterocycles. The highest BCUT2D eigenvalue weighted by molar-refractivity contribution is 5.38. The van der Waals surface area contributed by atoms with E-state index in [9.17, 15) is 5.11 Å². The largest absolute Gasteiger partial charge is 0.396 e. The zero-order valence-electron chi connectivity index (χ0n) is 10.8. The highest BCUT2D eigenvalue weighted by Crippen LogP contribution is 2.35. The minimum atomic E-state index is 0.282. The van der Waals surface area contributed by atoms with Gasteiger partial charge in [0.2, 0.25) is 0 Å². The zero-order chi connectivity index (χ0) is 12.4. The van der Waals surface area contributed by atoms with Gasteiger partial charge in [0.15, 0.2) is 5.82 Å². The van der Waals surface area contributed by atoms with E-state index >= 15 is 0 Å². The van der Waals surface area contributed by atoms with E-state index in [4.69, 9.17) is 0 Å². The first-order valence-electron chi connectivity index (χ1n) is 7.06. The lowest BCUT2D eigenvalue weighted by molar-refractivity contribution is 0.208. The van der Waals surface area contributed by atoms with Crippen LogP contribution in [-0.4, -0.2) is 35.0 Å². The second kappa shape index (κ2) is 5.22. The molecule has 4 heteroatoms. The van der Waals surface area contributed by atoms with E-state index in [1.54, 1.807) is 0 Å². The van der Waals surface area contributed by atoms with Crippen molar-refractivity contribution in [2.75, 3.05) is 24.6 Å². The Balaban J connectivity index is 1.67. The Labute approximate surface area is 108 Å². The van der Waals surface area contributed by atoms with Crippen molar-refractivity contribution in [1.29, 1.82) is 0 Å². The molecule has 1 aromatic rings. The molecule has 1 N–H and O–H groups in total. The van der Waals surface area contributed by atoms with Gasteiger partial charge in [-0.25, -0.2) is 0 Å². The molecule has 2 heterocycles. The maximum Gasteiger partial charge on any atom is 0.151 e. The van der Waals surface area contributed by atoms with Crippen molar-refractivity contribution in [2.45, 2.75) is 38.0 Å². The van der Waals surface area contributed by atoms with Gasteiger partial charge in [-0.3, -0.25) is 0 Å². The van der Waals surface area contributed by atoms with Crippen molar-refractivity contribution >= 4 is 5.82 Å². The summed E-state index contributed by atoms with van der Waals surface area (Å²) in [7, 11) is 0. The molecule has 1 aliphatic carbocycles. The molecular formula is C14H21N3O. The monoisotopic (exact) mass is 247 g/mol. The van der Waals surface area contributed by atoms with Gasteiger partial charge < -0.3 is 10.0 Å². The number of piperidine rings is 1. The molecule has 0 radical (unpaired) electrons. The van der Waals surface area contributed by atoms with E-state index in [1.165, 1.54) is 19.3 Å². The quantitative estimate of drug-likeness (QED) is 0.887. The number of hydrogen-bond acceptors (Lipinski definition) is 4. The van der Waals surface area contributed by atoms with Gasteiger partial charge in [-0.1, -0.05) is 6.42 Å². The van der Waals surface area contributed by atoms with Crippen LogP contribution in [0.4, 0.5) is 5.82 Å². The molecule has 3 rings (SSSR count). The van der Waals surface area contributed by atoms with Crippen LogP contribution in [0.5, 0.6) is 0 Å². The number of rotatable bonds is 3. The lowest BCUT2D eigenvalue weighted by Crippen LogP contribution is -2.37. The Kier molecular flexibility index (Phi) is 3.46. The van der Waals surface area contributed by atoms with E-state index in [-0.39, 0.29) is 6.61 Å². The van der Waals surface area contributed by atoms with Gasteiger partial charge in [0.05, 0.1) is 5.69 Å². The van der Waals surface area contributed by atoms with E-state index in [2.05, 4.69) is 27.2 Å². The van der Waals surface area contributed by atoms with Crippen LogP contribution in [0, 0.1) is 5.92 Å². The number of nitrogens with zero attached hydrogens (tertiary/aromatic N) is 3. The van der Waals surface area contributed by atoms with Gasteiger partial charge >= 0.3 is 0 Å². The molecule has 1 unspecified atom stereocenters. The first kappa shape index (κ1) is 11.9. The highest BCUT2D eigenvalue weighted by Gasteiger charge is 2.23. The molecule has 0 bridgehead atoms. The van der Waals surface area contributed by atoms with Gasteiger partial charge in [-0.2, -0.15) is 5.10 Å². The summed E-state index contributed by atoms with van der Waals surface area (Å²) in [5, 5.41) is 18.0. The second-order valence-corrected chi connectivity index (χ2v) is 5.58. The average Bonchev–Trinajstić information content (AvgIpc) is 2.38. The second-order valence-electron chi connectivity index (χ2n) is 5.58. The minimum absolute atomic E-state index is 0.282. The third-order valence-electron chi connectivity index (χ3n) is 4.30. The number of aromatic nitrogens is 2. The summed E-state index contributed by atoms with van der Waals surface area (Å²) in [6, 6.07) is 4.23. The molecule has 1 saturated heterocycles. The smallest absolute Gasteiger partial charge is 0.151 e. The van der Waals surface area contributed by atoms with Gasteiger partial charge in [0.1, 0.15) is 0 Å². The molecule has 2 aliphatic rings. The van der Waals surface area contributed by atoms with Crippen LogP contribution in [0.2, 0.25) is 0 Å². The summed E-state index contributed by atoms with van der Waals surface area (Å²) in [5.74, 6) is 2.01. The molecule has 0 aromatic carbocycles. The van der Waals surface area contributed by atoms with E-state index < -0.39 is 0 Å². The molecule has 4 nitrogen and oxygen atoms in total. The van der Waals surface area contributed by atoms with Crippen LogP contribution in [0.3, 0.4) is 0 Å². The van der Waals surface area contributed by atoms with Crippen LogP contribution in [0.15, 0.2) is 12.1 Å². The number of hydrogen-bond donors (Lipinski definition) is 1. The Morgan fingerprint density at radius 1 is 1.17 bits per heavy atom. The van der Waals surface area contributed by atoms with Crippen LogP contribution in [0.25, 0.3) is 0 Å². The summed E-state index contributed by atoms with van der Waals surface area (Å²) < 4.78 is 0. The third-order valence-corrected chi connectivity index (χ3v) is 4.30. The van der Waals surface area contributed by atoms with Crippen LogP contribution >= 0.6 is 0 Å². The SMILES string of the molecule is OCC1CCCN(c2ccc(C3CCC3)nn2)C1. The predicted octanol–water partition coefficient (Wildman–Crippen LogP) is 1.95. The molecule has 1 saturated carbocycles. The Morgan fingerprint density at radius 3 is 2.67 bits per heavy atom. The van der Waals surface area contributed by atoms with Crippen molar-refractivity contribution in [2.24, 2.45) is 5.92 Å².